The monoisotopic (exact) mass is 248 g/mol. The summed E-state index contributed by atoms with van der Waals surface area (Å²) >= 11 is 0. The Morgan fingerprint density at radius 1 is 1.39 bits per heavy atom. The first-order valence-corrected chi connectivity index (χ1v) is 6.68. The van der Waals surface area contributed by atoms with Gasteiger partial charge in [-0.05, 0) is 19.3 Å². The van der Waals surface area contributed by atoms with Crippen LogP contribution >= 0.6 is 0 Å². The van der Waals surface area contributed by atoms with Gasteiger partial charge in [0.15, 0.2) is 0 Å². The van der Waals surface area contributed by atoms with Gasteiger partial charge in [-0.3, -0.25) is 0 Å². The van der Waals surface area contributed by atoms with Crippen LogP contribution in [0.1, 0.15) is 43.5 Å². The molecule has 5 heteroatoms. The fourth-order valence-corrected chi connectivity index (χ4v) is 3.09. The highest BCUT2D eigenvalue weighted by molar-refractivity contribution is 5.54. The third kappa shape index (κ3) is 1.78. The fraction of sp³-hybridized carbons (Fsp3) is 0.692. The number of aliphatic hydroxyl groups excluding tert-OH is 1. The normalized spacial score (nSPS) is 31.5. The summed E-state index contributed by atoms with van der Waals surface area (Å²) in [7, 11) is 0. The zero-order chi connectivity index (χ0) is 12.7. The zero-order valence-corrected chi connectivity index (χ0v) is 10.9. The van der Waals surface area contributed by atoms with Gasteiger partial charge in [0.25, 0.3) is 0 Å². The van der Waals surface area contributed by atoms with Crippen LogP contribution in [0.4, 0.5) is 5.82 Å². The quantitative estimate of drug-likeness (QED) is 0.770. The van der Waals surface area contributed by atoms with Crippen molar-refractivity contribution in [2.75, 3.05) is 24.5 Å². The van der Waals surface area contributed by atoms with Crippen LogP contribution in [0.5, 0.6) is 0 Å². The van der Waals surface area contributed by atoms with E-state index in [2.05, 4.69) is 34.0 Å². The van der Waals surface area contributed by atoms with E-state index in [4.69, 9.17) is 0 Å². The van der Waals surface area contributed by atoms with E-state index < -0.39 is 6.10 Å². The van der Waals surface area contributed by atoms with Crippen molar-refractivity contribution in [3.63, 3.8) is 0 Å². The lowest BCUT2D eigenvalue weighted by Gasteiger charge is -2.36. The van der Waals surface area contributed by atoms with Gasteiger partial charge in [0, 0.05) is 31.2 Å². The minimum Gasteiger partial charge on any atom is -0.387 e. The molecule has 2 heterocycles. The second-order valence-electron chi connectivity index (χ2n) is 5.40. The Morgan fingerprint density at radius 2 is 2.22 bits per heavy atom. The lowest BCUT2D eigenvalue weighted by Crippen LogP contribution is -2.50. The average Bonchev–Trinajstić information content (AvgIpc) is 2.66. The largest absolute Gasteiger partial charge is 0.387 e. The van der Waals surface area contributed by atoms with Crippen molar-refractivity contribution in [3.05, 3.63) is 17.6 Å². The highest BCUT2D eigenvalue weighted by Crippen LogP contribution is 2.43. The number of aliphatic hydroxyl groups is 1. The van der Waals surface area contributed by atoms with Crippen LogP contribution in [0.2, 0.25) is 0 Å². The SMILES string of the molecule is CC1CC(O)c2ncnc(N3CCNCC3C)c21. The van der Waals surface area contributed by atoms with E-state index in [1.807, 2.05) is 0 Å². The molecule has 1 aromatic heterocycles. The molecule has 1 aliphatic heterocycles. The molecular formula is C13H20N4O. The molecule has 98 valence electrons. The topological polar surface area (TPSA) is 61.3 Å². The van der Waals surface area contributed by atoms with Crippen molar-refractivity contribution >= 4 is 5.82 Å². The van der Waals surface area contributed by atoms with Gasteiger partial charge in [0.2, 0.25) is 0 Å². The maximum atomic E-state index is 10.0. The highest BCUT2D eigenvalue weighted by Gasteiger charge is 2.34. The van der Waals surface area contributed by atoms with E-state index in [0.717, 1.165) is 43.1 Å². The molecule has 18 heavy (non-hydrogen) atoms. The van der Waals surface area contributed by atoms with E-state index in [1.54, 1.807) is 6.33 Å². The molecule has 5 nitrogen and oxygen atoms in total. The van der Waals surface area contributed by atoms with E-state index in [0.29, 0.717) is 12.0 Å². The van der Waals surface area contributed by atoms with Crippen LogP contribution in [-0.4, -0.2) is 40.8 Å². The number of fused-ring (bicyclic) bond motifs is 1. The molecule has 1 aliphatic carbocycles. The standard InChI is InChI=1S/C13H20N4O/c1-8-5-10(18)12-11(8)13(16-7-15-12)17-4-3-14-6-9(17)2/h7-10,14,18H,3-6H2,1-2H3. The number of anilines is 1. The van der Waals surface area contributed by atoms with Crippen molar-refractivity contribution in [1.29, 1.82) is 0 Å². The lowest BCUT2D eigenvalue weighted by molar-refractivity contribution is 0.170. The maximum absolute atomic E-state index is 10.0. The van der Waals surface area contributed by atoms with Gasteiger partial charge < -0.3 is 15.3 Å². The van der Waals surface area contributed by atoms with Gasteiger partial charge in [-0.2, -0.15) is 0 Å². The van der Waals surface area contributed by atoms with E-state index in [-0.39, 0.29) is 0 Å². The van der Waals surface area contributed by atoms with Gasteiger partial charge in [-0.25, -0.2) is 9.97 Å². The summed E-state index contributed by atoms with van der Waals surface area (Å²) in [5.41, 5.74) is 1.98. The number of aromatic nitrogens is 2. The second kappa shape index (κ2) is 4.48. The highest BCUT2D eigenvalue weighted by atomic mass is 16.3. The molecular weight excluding hydrogens is 228 g/mol. The molecule has 1 saturated heterocycles. The first-order valence-electron chi connectivity index (χ1n) is 6.68. The Kier molecular flexibility index (Phi) is 2.95. The Hall–Kier alpha value is -1.20. The molecule has 3 rings (SSSR count). The molecule has 3 unspecified atom stereocenters. The molecule has 1 fully saturated rings. The number of hydrogen-bond acceptors (Lipinski definition) is 5. The van der Waals surface area contributed by atoms with Crippen molar-refractivity contribution in [2.45, 2.75) is 38.3 Å². The summed E-state index contributed by atoms with van der Waals surface area (Å²) in [4.78, 5) is 11.1. The number of nitrogens with one attached hydrogen (secondary N) is 1. The zero-order valence-electron chi connectivity index (χ0n) is 10.9. The Labute approximate surface area is 107 Å². The molecule has 0 radical (unpaired) electrons. The fourth-order valence-electron chi connectivity index (χ4n) is 3.09. The molecule has 0 spiro atoms. The lowest BCUT2D eigenvalue weighted by atomic mass is 10.0. The number of rotatable bonds is 1. The van der Waals surface area contributed by atoms with Gasteiger partial charge >= 0.3 is 0 Å². The molecule has 0 aromatic carbocycles. The molecule has 2 aliphatic rings. The van der Waals surface area contributed by atoms with E-state index >= 15 is 0 Å². The van der Waals surface area contributed by atoms with Gasteiger partial charge in [-0.15, -0.1) is 0 Å². The molecule has 2 N–H and O–H groups in total. The van der Waals surface area contributed by atoms with Crippen LogP contribution in [0.3, 0.4) is 0 Å². The van der Waals surface area contributed by atoms with E-state index in [9.17, 15) is 5.11 Å². The minimum absolute atomic E-state index is 0.341. The average molecular weight is 248 g/mol. The third-order valence-electron chi connectivity index (χ3n) is 4.05. The first kappa shape index (κ1) is 11.9. The molecule has 0 amide bonds. The van der Waals surface area contributed by atoms with Crippen LogP contribution in [-0.2, 0) is 0 Å². The predicted molar refractivity (Wildman–Crippen MR) is 69.7 cm³/mol. The predicted octanol–water partition coefficient (Wildman–Crippen LogP) is 0.815. The van der Waals surface area contributed by atoms with E-state index in [1.165, 1.54) is 0 Å². The summed E-state index contributed by atoms with van der Waals surface area (Å²) in [6.07, 6.45) is 1.93. The van der Waals surface area contributed by atoms with Crippen molar-refractivity contribution in [3.8, 4) is 0 Å². The summed E-state index contributed by atoms with van der Waals surface area (Å²) in [5, 5.41) is 13.4. The Morgan fingerprint density at radius 3 is 3.00 bits per heavy atom. The van der Waals surface area contributed by atoms with Gasteiger partial charge in [0.05, 0.1) is 11.8 Å². The first-order chi connectivity index (χ1) is 8.68. The molecule has 1 aromatic rings. The minimum atomic E-state index is -0.421. The Bertz CT molecular complexity index is 451. The molecule has 0 saturated carbocycles. The third-order valence-corrected chi connectivity index (χ3v) is 4.05. The summed E-state index contributed by atoms with van der Waals surface area (Å²) < 4.78 is 0. The summed E-state index contributed by atoms with van der Waals surface area (Å²) in [6.45, 7) is 7.29. The summed E-state index contributed by atoms with van der Waals surface area (Å²) in [6, 6.07) is 0.433. The second-order valence-corrected chi connectivity index (χ2v) is 5.40. The van der Waals surface area contributed by atoms with Crippen molar-refractivity contribution in [1.82, 2.24) is 15.3 Å². The van der Waals surface area contributed by atoms with Crippen molar-refractivity contribution in [2.24, 2.45) is 0 Å². The van der Waals surface area contributed by atoms with Crippen molar-refractivity contribution < 1.29 is 5.11 Å². The summed E-state index contributed by atoms with van der Waals surface area (Å²) in [5.74, 6) is 1.37. The maximum Gasteiger partial charge on any atom is 0.136 e. The van der Waals surface area contributed by atoms with Crippen LogP contribution in [0, 0.1) is 0 Å². The number of hydrogen-bond donors (Lipinski definition) is 2. The molecule has 0 bridgehead atoms. The smallest absolute Gasteiger partial charge is 0.136 e. The van der Waals surface area contributed by atoms with Crippen LogP contribution < -0.4 is 10.2 Å². The van der Waals surface area contributed by atoms with Gasteiger partial charge in [0.1, 0.15) is 12.1 Å². The van der Waals surface area contributed by atoms with Crippen LogP contribution in [0.15, 0.2) is 6.33 Å². The number of piperazine rings is 1. The number of nitrogens with zero attached hydrogens (tertiary/aromatic N) is 3. The van der Waals surface area contributed by atoms with Gasteiger partial charge in [-0.1, -0.05) is 6.92 Å². The van der Waals surface area contributed by atoms with Crippen LogP contribution in [0.25, 0.3) is 0 Å². The molecule has 3 atom stereocenters. The Balaban J connectivity index is 2.02.